The molecule has 1 unspecified atom stereocenters. The van der Waals surface area contributed by atoms with Gasteiger partial charge in [-0.05, 0) is 31.9 Å². The number of H-pyrrole nitrogens is 1. The second kappa shape index (κ2) is 7.54. The summed E-state index contributed by atoms with van der Waals surface area (Å²) in [6.07, 6.45) is 1.72. The second-order valence-electron chi connectivity index (χ2n) is 6.18. The molecule has 27 heavy (non-hydrogen) atoms. The fourth-order valence-electron chi connectivity index (χ4n) is 2.78. The summed E-state index contributed by atoms with van der Waals surface area (Å²) < 4.78 is 10.7. The number of ether oxygens (including phenoxy) is 1. The van der Waals surface area contributed by atoms with Crippen molar-refractivity contribution in [2.45, 2.75) is 32.4 Å². The third kappa shape index (κ3) is 4.11. The number of nitrogens with zero attached hydrogens (tertiary/aromatic N) is 4. The van der Waals surface area contributed by atoms with Crippen molar-refractivity contribution in [3.63, 3.8) is 0 Å². The van der Waals surface area contributed by atoms with E-state index in [1.807, 2.05) is 19.1 Å². The van der Waals surface area contributed by atoms with Gasteiger partial charge in [0.25, 0.3) is 5.89 Å². The maximum Gasteiger partial charge on any atom is 0.319 e. The summed E-state index contributed by atoms with van der Waals surface area (Å²) in [7, 11) is 0. The van der Waals surface area contributed by atoms with Crippen LogP contribution < -0.4 is 10.6 Å². The summed E-state index contributed by atoms with van der Waals surface area (Å²) in [6, 6.07) is 6.90. The molecule has 140 valence electrons. The molecule has 1 atom stereocenters. The number of carbonyl (C=O) groups excluding carboxylic acids is 1. The van der Waals surface area contributed by atoms with Crippen LogP contribution in [0.1, 0.15) is 36.5 Å². The number of anilines is 1. The van der Waals surface area contributed by atoms with E-state index < -0.39 is 0 Å². The third-order valence-electron chi connectivity index (χ3n) is 4.07. The Hall–Kier alpha value is -3.27. The molecule has 3 heterocycles. The van der Waals surface area contributed by atoms with Gasteiger partial charge in [-0.3, -0.25) is 5.10 Å². The van der Waals surface area contributed by atoms with Crippen LogP contribution in [0.2, 0.25) is 0 Å². The van der Waals surface area contributed by atoms with Gasteiger partial charge in [-0.1, -0.05) is 17.3 Å². The lowest BCUT2D eigenvalue weighted by atomic mass is 10.2. The molecule has 2 aromatic heterocycles. The zero-order chi connectivity index (χ0) is 18.6. The van der Waals surface area contributed by atoms with Gasteiger partial charge in [0.15, 0.2) is 11.6 Å². The Balaban J connectivity index is 1.33. The number of aryl methyl sites for hydroxylation is 1. The van der Waals surface area contributed by atoms with Crippen molar-refractivity contribution in [2.24, 2.45) is 0 Å². The highest BCUT2D eigenvalue weighted by Gasteiger charge is 2.23. The molecular formula is C17H19N7O3. The molecule has 1 aromatic carbocycles. The second-order valence-corrected chi connectivity index (χ2v) is 6.18. The highest BCUT2D eigenvalue weighted by molar-refractivity contribution is 5.89. The largest absolute Gasteiger partial charge is 0.368 e. The monoisotopic (exact) mass is 369 g/mol. The van der Waals surface area contributed by atoms with Gasteiger partial charge in [0.1, 0.15) is 11.9 Å². The summed E-state index contributed by atoms with van der Waals surface area (Å²) in [5.41, 5.74) is 1.43. The number of hydrogen-bond acceptors (Lipinski definition) is 7. The van der Waals surface area contributed by atoms with Crippen molar-refractivity contribution in [3.05, 3.63) is 41.8 Å². The molecule has 1 aliphatic heterocycles. The minimum atomic E-state index is -0.373. The van der Waals surface area contributed by atoms with Crippen LogP contribution in [0, 0.1) is 6.92 Å². The lowest BCUT2D eigenvalue weighted by Gasteiger charge is -2.07. The van der Waals surface area contributed by atoms with Crippen molar-refractivity contribution in [1.29, 1.82) is 0 Å². The molecule has 1 saturated heterocycles. The van der Waals surface area contributed by atoms with E-state index in [1.165, 1.54) is 0 Å². The Kier molecular flexibility index (Phi) is 4.79. The highest BCUT2D eigenvalue weighted by Crippen LogP contribution is 2.26. The van der Waals surface area contributed by atoms with Crippen LogP contribution in [0.4, 0.5) is 10.5 Å². The summed E-state index contributed by atoms with van der Waals surface area (Å²) in [6.45, 7) is 2.69. The van der Waals surface area contributed by atoms with Crippen molar-refractivity contribution in [2.75, 3.05) is 11.9 Å². The standard InChI is InChI=1S/C17H19N7O3/c1-10-19-15(23-22-10)11-4-2-5-12(8-11)20-17(25)18-9-14-21-16(27-24-14)13-6-3-7-26-13/h2,4-5,8,13H,3,6-7,9H2,1H3,(H2,18,20,25)(H,19,22,23). The van der Waals surface area contributed by atoms with Crippen LogP contribution in [0.25, 0.3) is 11.4 Å². The van der Waals surface area contributed by atoms with E-state index in [9.17, 15) is 4.79 Å². The number of amides is 2. The number of aromatic nitrogens is 5. The van der Waals surface area contributed by atoms with Crippen LogP contribution in [0.15, 0.2) is 28.8 Å². The molecule has 0 saturated carbocycles. The van der Waals surface area contributed by atoms with Crippen molar-refractivity contribution >= 4 is 11.7 Å². The highest BCUT2D eigenvalue weighted by atomic mass is 16.5. The SMILES string of the molecule is Cc1nc(-c2cccc(NC(=O)NCc3noc(C4CCCO4)n3)c2)n[nH]1. The number of benzene rings is 1. The first-order valence-corrected chi connectivity index (χ1v) is 8.66. The predicted molar refractivity (Wildman–Crippen MR) is 94.6 cm³/mol. The van der Waals surface area contributed by atoms with E-state index in [2.05, 4.69) is 36.0 Å². The quantitative estimate of drug-likeness (QED) is 0.629. The maximum absolute atomic E-state index is 12.1. The van der Waals surface area contributed by atoms with E-state index in [1.54, 1.807) is 12.1 Å². The Labute approximate surface area is 154 Å². The minimum absolute atomic E-state index is 0.137. The molecular weight excluding hydrogens is 350 g/mol. The average Bonchev–Trinajstić information content (AvgIpc) is 3.41. The van der Waals surface area contributed by atoms with Gasteiger partial charge in [-0.15, -0.1) is 0 Å². The zero-order valence-electron chi connectivity index (χ0n) is 14.7. The number of nitrogens with one attached hydrogen (secondary N) is 3. The van der Waals surface area contributed by atoms with E-state index in [0.717, 1.165) is 24.2 Å². The van der Waals surface area contributed by atoms with Crippen LogP contribution in [0.3, 0.4) is 0 Å². The molecule has 1 aliphatic rings. The van der Waals surface area contributed by atoms with Crippen molar-refractivity contribution < 1.29 is 14.1 Å². The molecule has 0 aliphatic carbocycles. The fraction of sp³-hybridized carbons (Fsp3) is 0.353. The molecule has 10 nitrogen and oxygen atoms in total. The topological polar surface area (TPSA) is 131 Å². The van der Waals surface area contributed by atoms with Crippen LogP contribution in [0.5, 0.6) is 0 Å². The first kappa shape index (κ1) is 17.2. The Bertz CT molecular complexity index is 930. The van der Waals surface area contributed by atoms with E-state index in [4.69, 9.17) is 9.26 Å². The Morgan fingerprint density at radius 2 is 2.30 bits per heavy atom. The van der Waals surface area contributed by atoms with Crippen molar-refractivity contribution in [1.82, 2.24) is 30.6 Å². The summed E-state index contributed by atoms with van der Waals surface area (Å²) in [4.78, 5) is 20.7. The lowest BCUT2D eigenvalue weighted by Crippen LogP contribution is -2.28. The maximum atomic E-state index is 12.1. The Morgan fingerprint density at radius 1 is 1.37 bits per heavy atom. The van der Waals surface area contributed by atoms with Gasteiger partial charge in [-0.2, -0.15) is 10.1 Å². The summed E-state index contributed by atoms with van der Waals surface area (Å²) in [5, 5.41) is 16.2. The average molecular weight is 369 g/mol. The van der Waals surface area contributed by atoms with Gasteiger partial charge >= 0.3 is 6.03 Å². The van der Waals surface area contributed by atoms with E-state index >= 15 is 0 Å². The molecule has 0 radical (unpaired) electrons. The molecule has 0 spiro atoms. The molecule has 4 rings (SSSR count). The third-order valence-corrected chi connectivity index (χ3v) is 4.07. The van der Waals surface area contributed by atoms with E-state index in [-0.39, 0.29) is 18.7 Å². The molecule has 1 fully saturated rings. The first-order chi connectivity index (χ1) is 13.2. The molecule has 3 N–H and O–H groups in total. The van der Waals surface area contributed by atoms with Crippen LogP contribution in [-0.4, -0.2) is 38.0 Å². The van der Waals surface area contributed by atoms with Crippen LogP contribution >= 0.6 is 0 Å². The fourth-order valence-corrected chi connectivity index (χ4v) is 2.78. The predicted octanol–water partition coefficient (Wildman–Crippen LogP) is 2.34. The molecule has 3 aromatic rings. The minimum Gasteiger partial charge on any atom is -0.368 e. The summed E-state index contributed by atoms with van der Waals surface area (Å²) >= 11 is 0. The van der Waals surface area contributed by atoms with E-state index in [0.29, 0.717) is 29.8 Å². The zero-order valence-corrected chi connectivity index (χ0v) is 14.7. The Morgan fingerprint density at radius 3 is 3.07 bits per heavy atom. The molecule has 0 bridgehead atoms. The molecule has 2 amide bonds. The lowest BCUT2D eigenvalue weighted by molar-refractivity contribution is 0.0835. The van der Waals surface area contributed by atoms with Gasteiger partial charge in [0.2, 0.25) is 0 Å². The van der Waals surface area contributed by atoms with Crippen molar-refractivity contribution in [3.8, 4) is 11.4 Å². The number of carbonyl (C=O) groups is 1. The number of aromatic amines is 1. The van der Waals surface area contributed by atoms with Crippen LogP contribution in [-0.2, 0) is 11.3 Å². The smallest absolute Gasteiger partial charge is 0.319 e. The van der Waals surface area contributed by atoms with Gasteiger partial charge < -0.3 is 19.9 Å². The van der Waals surface area contributed by atoms with Gasteiger partial charge in [-0.25, -0.2) is 9.78 Å². The summed E-state index contributed by atoms with van der Waals surface area (Å²) in [5.74, 6) is 2.16. The van der Waals surface area contributed by atoms with Gasteiger partial charge in [0, 0.05) is 17.9 Å². The number of hydrogen-bond donors (Lipinski definition) is 3. The number of urea groups is 1. The van der Waals surface area contributed by atoms with Gasteiger partial charge in [0.05, 0.1) is 6.54 Å². The first-order valence-electron chi connectivity index (χ1n) is 8.66. The number of rotatable bonds is 5. The molecule has 10 heteroatoms. The normalized spacial score (nSPS) is 16.4.